The van der Waals surface area contributed by atoms with Crippen molar-refractivity contribution in [1.29, 1.82) is 0 Å². The van der Waals surface area contributed by atoms with Gasteiger partial charge in [0.15, 0.2) is 0 Å². The summed E-state index contributed by atoms with van der Waals surface area (Å²) >= 11 is 0. The lowest BCUT2D eigenvalue weighted by Gasteiger charge is -2.16. The van der Waals surface area contributed by atoms with Crippen LogP contribution in [0.15, 0.2) is 90.0 Å². The van der Waals surface area contributed by atoms with E-state index in [1.54, 1.807) is 18.5 Å². The summed E-state index contributed by atoms with van der Waals surface area (Å²) in [5, 5.41) is 12.5. The second kappa shape index (κ2) is 9.10. The Morgan fingerprint density at radius 2 is 1.64 bits per heavy atom. The predicted molar refractivity (Wildman–Crippen MR) is 128 cm³/mol. The zero-order valence-electron chi connectivity index (χ0n) is 18.1. The lowest BCUT2D eigenvalue weighted by molar-refractivity contribution is 0.319. The summed E-state index contributed by atoms with van der Waals surface area (Å²) < 4.78 is 0. The van der Waals surface area contributed by atoms with Crippen LogP contribution in [0, 0.1) is 0 Å². The standard InChI is InChI=1S/C26H22N6O/c1-32(16-18-5-3-2-4-6-18)17-19-7-8-21-14-25(28-23(21)13-19)22-15-24(29-31-30-26(22)33)20-9-11-27-12-10-20/h2-15,28H,16-17H2,1H3. The summed E-state index contributed by atoms with van der Waals surface area (Å²) in [5.74, 6) is 0. The normalized spacial score (nSPS) is 11.2. The van der Waals surface area contributed by atoms with Crippen molar-refractivity contribution in [2.24, 2.45) is 0 Å². The second-order valence-corrected chi connectivity index (χ2v) is 8.04. The molecule has 0 saturated carbocycles. The Kier molecular flexibility index (Phi) is 5.70. The van der Waals surface area contributed by atoms with Crippen LogP contribution < -0.4 is 5.56 Å². The Morgan fingerprint density at radius 1 is 0.848 bits per heavy atom. The lowest BCUT2D eigenvalue weighted by atomic mass is 10.1. The molecule has 2 aromatic carbocycles. The molecule has 0 saturated heterocycles. The molecule has 3 heterocycles. The van der Waals surface area contributed by atoms with Gasteiger partial charge >= 0.3 is 0 Å². The van der Waals surface area contributed by atoms with Crippen LogP contribution in [0.25, 0.3) is 33.4 Å². The van der Waals surface area contributed by atoms with Crippen molar-refractivity contribution in [2.75, 3.05) is 7.05 Å². The summed E-state index contributed by atoms with van der Waals surface area (Å²) in [4.78, 5) is 22.3. The van der Waals surface area contributed by atoms with E-state index in [1.165, 1.54) is 11.1 Å². The molecule has 0 unspecified atom stereocenters. The predicted octanol–water partition coefficient (Wildman–Crippen LogP) is 4.07. The van der Waals surface area contributed by atoms with E-state index in [-0.39, 0.29) is 0 Å². The van der Waals surface area contributed by atoms with Crippen LogP contribution in [0.1, 0.15) is 11.1 Å². The number of rotatable bonds is 6. The van der Waals surface area contributed by atoms with E-state index >= 15 is 0 Å². The van der Waals surface area contributed by atoms with Gasteiger partial charge in [0.05, 0.1) is 17.0 Å². The second-order valence-electron chi connectivity index (χ2n) is 8.04. The molecule has 5 aromatic rings. The number of hydrogen-bond donors (Lipinski definition) is 1. The molecule has 0 fully saturated rings. The van der Waals surface area contributed by atoms with Crippen molar-refractivity contribution in [2.45, 2.75) is 13.1 Å². The van der Waals surface area contributed by atoms with Gasteiger partial charge in [-0.2, -0.15) is 0 Å². The first kappa shape index (κ1) is 20.7. The smallest absolute Gasteiger partial charge is 0.299 e. The number of fused-ring (bicyclic) bond motifs is 1. The van der Waals surface area contributed by atoms with Crippen LogP contribution in [0.2, 0.25) is 0 Å². The van der Waals surface area contributed by atoms with E-state index in [4.69, 9.17) is 0 Å². The first-order chi connectivity index (χ1) is 16.2. The first-order valence-corrected chi connectivity index (χ1v) is 10.7. The zero-order chi connectivity index (χ0) is 22.6. The van der Waals surface area contributed by atoms with Gasteiger partial charge in [0.1, 0.15) is 0 Å². The third-order valence-corrected chi connectivity index (χ3v) is 5.50. The van der Waals surface area contributed by atoms with E-state index in [1.807, 2.05) is 24.3 Å². The van der Waals surface area contributed by atoms with Gasteiger partial charge in [-0.1, -0.05) is 47.6 Å². The molecule has 3 aromatic heterocycles. The van der Waals surface area contributed by atoms with Crippen molar-refractivity contribution in [3.8, 4) is 22.5 Å². The lowest BCUT2D eigenvalue weighted by Crippen LogP contribution is -2.17. The highest BCUT2D eigenvalue weighted by Gasteiger charge is 2.11. The van der Waals surface area contributed by atoms with Gasteiger partial charge in [-0.05, 0) is 53.7 Å². The van der Waals surface area contributed by atoms with Crippen LogP contribution in [-0.2, 0) is 13.1 Å². The number of aromatic amines is 1. The Morgan fingerprint density at radius 3 is 2.45 bits per heavy atom. The maximum atomic E-state index is 12.6. The number of hydrogen-bond acceptors (Lipinski definition) is 6. The molecule has 0 atom stereocenters. The third-order valence-electron chi connectivity index (χ3n) is 5.50. The molecule has 0 aliphatic heterocycles. The Bertz CT molecular complexity index is 1450. The van der Waals surface area contributed by atoms with E-state index in [9.17, 15) is 4.79 Å². The monoisotopic (exact) mass is 434 g/mol. The van der Waals surface area contributed by atoms with Crippen molar-refractivity contribution in [1.82, 2.24) is 30.3 Å². The first-order valence-electron chi connectivity index (χ1n) is 10.7. The average Bonchev–Trinajstić information content (AvgIpc) is 3.15. The molecular formula is C26H22N6O. The Hall–Kier alpha value is -4.23. The van der Waals surface area contributed by atoms with Crippen LogP contribution in [0.5, 0.6) is 0 Å². The number of pyridine rings is 1. The van der Waals surface area contributed by atoms with Crippen molar-refractivity contribution in [3.63, 3.8) is 0 Å². The minimum atomic E-state index is -0.433. The maximum absolute atomic E-state index is 12.6. The van der Waals surface area contributed by atoms with Gasteiger partial charge in [-0.25, -0.2) is 0 Å². The number of H-pyrrole nitrogens is 1. The van der Waals surface area contributed by atoms with Gasteiger partial charge in [-0.15, -0.1) is 5.10 Å². The molecule has 0 spiro atoms. The highest BCUT2D eigenvalue weighted by atomic mass is 16.1. The summed E-state index contributed by atoms with van der Waals surface area (Å²) in [6.45, 7) is 1.69. The van der Waals surface area contributed by atoms with Gasteiger partial charge in [0.25, 0.3) is 5.56 Å². The van der Waals surface area contributed by atoms with E-state index in [0.717, 1.165) is 29.6 Å². The topological polar surface area (TPSA) is 87.7 Å². The summed E-state index contributed by atoms with van der Waals surface area (Å²) in [6, 6.07) is 24.1. The Balaban J connectivity index is 1.45. The minimum absolute atomic E-state index is 0.422. The van der Waals surface area contributed by atoms with Crippen molar-refractivity contribution < 1.29 is 0 Å². The van der Waals surface area contributed by atoms with Crippen LogP contribution in [0.4, 0.5) is 0 Å². The van der Waals surface area contributed by atoms with E-state index < -0.39 is 5.56 Å². The van der Waals surface area contributed by atoms with Crippen molar-refractivity contribution >= 4 is 10.9 Å². The van der Waals surface area contributed by atoms with E-state index in [2.05, 4.69) is 79.8 Å². The largest absolute Gasteiger partial charge is 0.354 e. The molecular weight excluding hydrogens is 412 g/mol. The van der Waals surface area contributed by atoms with Crippen molar-refractivity contribution in [3.05, 3.63) is 107 Å². The molecule has 162 valence electrons. The van der Waals surface area contributed by atoms with Gasteiger partial charge in [-0.3, -0.25) is 14.7 Å². The highest BCUT2D eigenvalue weighted by molar-refractivity contribution is 5.86. The number of nitrogens with zero attached hydrogens (tertiary/aromatic N) is 5. The third kappa shape index (κ3) is 4.68. The summed E-state index contributed by atoms with van der Waals surface area (Å²) in [6.07, 6.45) is 3.35. The fourth-order valence-electron chi connectivity index (χ4n) is 3.93. The molecule has 0 bridgehead atoms. The van der Waals surface area contributed by atoms with Gasteiger partial charge in [0, 0.05) is 41.9 Å². The number of benzene rings is 2. The number of nitrogens with one attached hydrogen (secondary N) is 1. The molecule has 5 rings (SSSR count). The zero-order valence-corrected chi connectivity index (χ0v) is 18.1. The van der Waals surface area contributed by atoms with Crippen LogP contribution in [0.3, 0.4) is 0 Å². The molecule has 0 radical (unpaired) electrons. The molecule has 7 nitrogen and oxygen atoms in total. The van der Waals surface area contributed by atoms with Crippen LogP contribution >= 0.6 is 0 Å². The Labute approximate surface area is 190 Å². The number of aromatic nitrogens is 5. The summed E-state index contributed by atoms with van der Waals surface area (Å²) in [7, 11) is 2.11. The van der Waals surface area contributed by atoms with Crippen LogP contribution in [-0.4, -0.2) is 37.3 Å². The molecule has 33 heavy (non-hydrogen) atoms. The molecule has 0 aliphatic carbocycles. The minimum Gasteiger partial charge on any atom is -0.354 e. The quantitative estimate of drug-likeness (QED) is 0.433. The summed E-state index contributed by atoms with van der Waals surface area (Å²) in [5.41, 5.74) is 5.49. The highest BCUT2D eigenvalue weighted by Crippen LogP contribution is 2.25. The fraction of sp³-hybridized carbons (Fsp3) is 0.115. The average molecular weight is 435 g/mol. The van der Waals surface area contributed by atoms with Gasteiger partial charge in [0.2, 0.25) is 0 Å². The molecule has 0 amide bonds. The molecule has 7 heteroatoms. The SMILES string of the molecule is CN(Cc1ccccc1)Cc1ccc2cc(-c3cc(-c4ccncc4)nnnc3=O)[nH]c2c1. The molecule has 1 N–H and O–H groups in total. The molecule has 0 aliphatic rings. The fourth-order valence-corrected chi connectivity index (χ4v) is 3.93. The van der Waals surface area contributed by atoms with E-state index in [0.29, 0.717) is 17.0 Å². The maximum Gasteiger partial charge on any atom is 0.299 e. The van der Waals surface area contributed by atoms with Gasteiger partial charge < -0.3 is 4.98 Å².